The molecule has 2 aliphatic heterocycles. The highest BCUT2D eigenvalue weighted by Gasteiger charge is 2.43. The van der Waals surface area contributed by atoms with Crippen LogP contribution in [0.5, 0.6) is 0 Å². The molecule has 0 saturated carbocycles. The summed E-state index contributed by atoms with van der Waals surface area (Å²) in [5.41, 5.74) is 18.1. The number of hydrogen-bond acceptors (Lipinski definition) is 2. The van der Waals surface area contributed by atoms with Crippen LogP contribution in [0.3, 0.4) is 0 Å². The van der Waals surface area contributed by atoms with Gasteiger partial charge in [-0.1, -0.05) is 142 Å². The van der Waals surface area contributed by atoms with Crippen molar-refractivity contribution in [2.24, 2.45) is 0 Å². The van der Waals surface area contributed by atoms with E-state index >= 15 is 0 Å². The lowest BCUT2D eigenvalue weighted by molar-refractivity contribution is 1.13. The molecule has 0 unspecified atom stereocenters. The largest absolute Gasteiger partial charge is 0.311 e. The summed E-state index contributed by atoms with van der Waals surface area (Å²) in [6.45, 7) is 6.89. The molecule has 0 bridgehead atoms. The lowest BCUT2D eigenvalue weighted by atomic mass is 9.33. The molecule has 272 valence electrons. The molecule has 0 spiro atoms. The Hall–Kier alpha value is -6.58. The minimum absolute atomic E-state index is 0.125. The van der Waals surface area contributed by atoms with Crippen LogP contribution in [0.2, 0.25) is 0 Å². The van der Waals surface area contributed by atoms with Crippen molar-refractivity contribution < 1.29 is 0 Å². The lowest BCUT2D eigenvalue weighted by Crippen LogP contribution is -2.61. The molecule has 0 aliphatic carbocycles. The Kier molecular flexibility index (Phi) is 7.86. The molecule has 0 atom stereocenters. The van der Waals surface area contributed by atoms with E-state index in [9.17, 15) is 0 Å². The van der Waals surface area contributed by atoms with Crippen LogP contribution in [0.15, 0.2) is 170 Å². The Labute approximate surface area is 335 Å². The van der Waals surface area contributed by atoms with Crippen LogP contribution >= 0.6 is 0 Å². The maximum Gasteiger partial charge on any atom is 0.252 e. The third kappa shape index (κ3) is 5.11. The van der Waals surface area contributed by atoms with Crippen molar-refractivity contribution in [2.45, 2.75) is 40.0 Å². The highest BCUT2D eigenvalue weighted by molar-refractivity contribution is 7.00. The normalized spacial score (nSPS) is 12.9. The smallest absolute Gasteiger partial charge is 0.252 e. The Morgan fingerprint density at radius 2 is 0.825 bits per heavy atom. The molecule has 0 fully saturated rings. The number of anilines is 6. The highest BCUT2D eigenvalue weighted by Crippen LogP contribution is 2.45. The van der Waals surface area contributed by atoms with E-state index in [0.29, 0.717) is 0 Å². The zero-order valence-electron chi connectivity index (χ0n) is 32.8. The van der Waals surface area contributed by atoms with Gasteiger partial charge in [-0.2, -0.15) is 0 Å². The van der Waals surface area contributed by atoms with E-state index in [0.717, 1.165) is 19.3 Å². The van der Waals surface area contributed by atoms with Crippen LogP contribution in [0, 0.1) is 0 Å². The van der Waals surface area contributed by atoms with Crippen molar-refractivity contribution in [1.29, 1.82) is 0 Å². The van der Waals surface area contributed by atoms with Gasteiger partial charge >= 0.3 is 0 Å². The maximum atomic E-state index is 2.52. The van der Waals surface area contributed by atoms with Crippen LogP contribution < -0.4 is 26.2 Å². The topological polar surface area (TPSA) is 6.48 Å². The number of nitrogens with zero attached hydrogens (tertiary/aromatic N) is 2. The average Bonchev–Trinajstić information content (AvgIpc) is 3.28. The molecular weight excluding hydrogens is 687 g/mol. The van der Waals surface area contributed by atoms with Crippen molar-refractivity contribution in [3.63, 3.8) is 0 Å². The average molecular weight is 731 g/mol. The van der Waals surface area contributed by atoms with Gasteiger partial charge in [0, 0.05) is 34.1 Å². The fourth-order valence-corrected chi connectivity index (χ4v) is 9.91. The van der Waals surface area contributed by atoms with Crippen molar-refractivity contribution in [2.75, 3.05) is 9.80 Å². The summed E-state index contributed by atoms with van der Waals surface area (Å²) in [7, 11) is 0. The van der Waals surface area contributed by atoms with Crippen molar-refractivity contribution in [3.8, 4) is 11.1 Å². The summed E-state index contributed by atoms with van der Waals surface area (Å²) in [6, 6.07) is 64.3. The van der Waals surface area contributed by atoms with Crippen LogP contribution in [-0.4, -0.2) is 6.71 Å². The number of aryl methyl sites for hydroxylation is 3. The predicted octanol–water partition coefficient (Wildman–Crippen LogP) is 12.6. The molecule has 3 heteroatoms. The zero-order chi connectivity index (χ0) is 38.2. The lowest BCUT2D eigenvalue weighted by Gasteiger charge is -2.44. The van der Waals surface area contributed by atoms with Gasteiger partial charge in [0.2, 0.25) is 0 Å². The SMILES string of the molecule is CCc1ccc(N2c3ccc(CC)cc3B3c4cc(CC)ccc4N(c4ccc(-c5cccc6c7ccccc7c7ccccc7c56)cc4)c4cccc2c43)cc1. The van der Waals surface area contributed by atoms with Gasteiger partial charge in [0.15, 0.2) is 0 Å². The van der Waals surface area contributed by atoms with Gasteiger partial charge < -0.3 is 9.80 Å². The number of fused-ring (bicyclic) bond motifs is 10. The first-order valence-electron chi connectivity index (χ1n) is 20.7. The summed E-state index contributed by atoms with van der Waals surface area (Å²) in [5.74, 6) is 0. The van der Waals surface area contributed by atoms with Crippen LogP contribution in [0.4, 0.5) is 34.1 Å². The summed E-state index contributed by atoms with van der Waals surface area (Å²) in [4.78, 5) is 5.03. The first-order chi connectivity index (χ1) is 28.1. The molecule has 0 amide bonds. The standard InChI is InChI=1S/C54H43BN2/c1-4-35-21-27-39(28-22-35)56-49-31-23-36(5-2)33-47(49)55-48-34-37(6-3)24-32-50(48)57(52-20-12-19-51(56)54(52)55)40-29-25-38(26-30-40)41-17-11-18-46-44-14-8-7-13-42(44)43-15-9-10-16-45(43)53(41)46/h7-34H,4-6H2,1-3H3. The molecule has 0 aromatic heterocycles. The molecule has 11 rings (SSSR count). The number of rotatable bonds is 6. The summed E-state index contributed by atoms with van der Waals surface area (Å²) in [5, 5.41) is 7.81. The molecule has 0 N–H and O–H groups in total. The van der Waals surface area contributed by atoms with E-state index in [1.807, 2.05) is 0 Å². The minimum Gasteiger partial charge on any atom is -0.311 e. The Morgan fingerprint density at radius 3 is 1.35 bits per heavy atom. The summed E-state index contributed by atoms with van der Waals surface area (Å²) >= 11 is 0. The van der Waals surface area contributed by atoms with Crippen molar-refractivity contribution >= 4 is 89.5 Å². The Morgan fingerprint density at radius 1 is 0.386 bits per heavy atom. The van der Waals surface area contributed by atoms with Gasteiger partial charge in [0.05, 0.1) is 0 Å². The molecule has 0 radical (unpaired) electrons. The summed E-state index contributed by atoms with van der Waals surface area (Å²) in [6.07, 6.45) is 3.02. The molecule has 2 nitrogen and oxygen atoms in total. The van der Waals surface area contributed by atoms with Crippen LogP contribution in [0.25, 0.3) is 43.4 Å². The maximum absolute atomic E-state index is 2.52. The summed E-state index contributed by atoms with van der Waals surface area (Å²) < 4.78 is 0. The Bertz CT molecular complexity index is 2990. The van der Waals surface area contributed by atoms with Gasteiger partial charge in [-0.15, -0.1) is 0 Å². The van der Waals surface area contributed by atoms with E-state index in [4.69, 9.17) is 0 Å². The van der Waals surface area contributed by atoms with E-state index in [2.05, 4.69) is 200 Å². The molecule has 2 aliphatic rings. The zero-order valence-corrected chi connectivity index (χ0v) is 32.8. The van der Waals surface area contributed by atoms with Gasteiger partial charge in [0.1, 0.15) is 0 Å². The molecule has 0 saturated heterocycles. The second-order valence-electron chi connectivity index (χ2n) is 15.7. The minimum atomic E-state index is 0.125. The number of benzene rings is 9. The molecule has 9 aromatic carbocycles. The van der Waals surface area contributed by atoms with Crippen molar-refractivity contribution in [1.82, 2.24) is 0 Å². The molecule has 9 aromatic rings. The van der Waals surface area contributed by atoms with E-state index in [1.165, 1.54) is 111 Å². The third-order valence-corrected chi connectivity index (χ3v) is 12.7. The second-order valence-corrected chi connectivity index (χ2v) is 15.7. The predicted molar refractivity (Wildman–Crippen MR) is 247 cm³/mol. The molecule has 2 heterocycles. The first-order valence-corrected chi connectivity index (χ1v) is 20.7. The molecule has 57 heavy (non-hydrogen) atoms. The van der Waals surface area contributed by atoms with Gasteiger partial charge in [0.25, 0.3) is 6.71 Å². The van der Waals surface area contributed by atoms with E-state index < -0.39 is 0 Å². The highest BCUT2D eigenvalue weighted by atomic mass is 15.2. The van der Waals surface area contributed by atoms with Gasteiger partial charge in [-0.3, -0.25) is 0 Å². The fraction of sp³-hybridized carbons (Fsp3) is 0.111. The van der Waals surface area contributed by atoms with Crippen LogP contribution in [-0.2, 0) is 19.3 Å². The van der Waals surface area contributed by atoms with E-state index in [1.54, 1.807) is 0 Å². The second kappa shape index (κ2) is 13.3. The van der Waals surface area contributed by atoms with Crippen LogP contribution in [0.1, 0.15) is 37.5 Å². The first kappa shape index (κ1) is 33.7. The molecular formula is C54H43BN2. The van der Waals surface area contributed by atoms with Crippen molar-refractivity contribution in [3.05, 3.63) is 187 Å². The Balaban J connectivity index is 1.11. The monoisotopic (exact) mass is 730 g/mol. The third-order valence-electron chi connectivity index (χ3n) is 12.7. The van der Waals surface area contributed by atoms with Gasteiger partial charge in [-0.25, -0.2) is 0 Å². The fourth-order valence-electron chi connectivity index (χ4n) is 9.91. The van der Waals surface area contributed by atoms with E-state index in [-0.39, 0.29) is 6.71 Å². The quantitative estimate of drug-likeness (QED) is 0.124. The number of hydrogen-bond donors (Lipinski definition) is 0. The van der Waals surface area contributed by atoms with Gasteiger partial charge in [-0.05, 0) is 144 Å².